The molecule has 1 saturated heterocycles. The molecule has 1 aromatic carbocycles. The summed E-state index contributed by atoms with van der Waals surface area (Å²) in [6, 6.07) is 10.6. The van der Waals surface area contributed by atoms with Crippen LogP contribution in [0.2, 0.25) is 0 Å². The maximum Gasteiger partial charge on any atom is 0.279 e. The van der Waals surface area contributed by atoms with Gasteiger partial charge in [-0.3, -0.25) is 9.59 Å². The molecule has 0 unspecified atom stereocenters. The highest BCUT2D eigenvalue weighted by Gasteiger charge is 2.19. The number of hydrogen-bond donors (Lipinski definition) is 3. The fraction of sp³-hybridized carbons (Fsp3) is 0.368. The van der Waals surface area contributed by atoms with Crippen molar-refractivity contribution in [2.45, 2.75) is 25.8 Å². The quantitative estimate of drug-likeness (QED) is 0.739. The number of benzene rings is 1. The monoisotopic (exact) mass is 342 g/mol. The molecule has 2 heterocycles. The first-order chi connectivity index (χ1) is 12.2. The van der Waals surface area contributed by atoms with Crippen LogP contribution in [0, 0.1) is 0 Å². The Morgan fingerprint density at radius 1 is 1.04 bits per heavy atom. The molecule has 2 aromatic rings. The van der Waals surface area contributed by atoms with Crippen molar-refractivity contribution >= 4 is 17.5 Å². The average Bonchev–Trinajstić information content (AvgIpc) is 3.14. The van der Waals surface area contributed by atoms with E-state index in [-0.39, 0.29) is 11.8 Å². The highest BCUT2D eigenvalue weighted by atomic mass is 16.3. The summed E-state index contributed by atoms with van der Waals surface area (Å²) in [4.78, 5) is 26.1. The lowest BCUT2D eigenvalue weighted by atomic mass is 10.1. The second kappa shape index (κ2) is 8.48. The number of likely N-dealkylation sites (tertiary alicyclic amines) is 1. The minimum Gasteiger partial charge on any atom is -0.467 e. The summed E-state index contributed by atoms with van der Waals surface area (Å²) in [7, 11) is 0. The van der Waals surface area contributed by atoms with Gasteiger partial charge in [-0.15, -0.1) is 0 Å². The first-order valence-corrected chi connectivity index (χ1v) is 8.75. The lowest BCUT2D eigenvalue weighted by Crippen LogP contribution is -3.13. The van der Waals surface area contributed by atoms with E-state index in [2.05, 4.69) is 10.6 Å². The predicted octanol–water partition coefficient (Wildman–Crippen LogP) is 1.22. The van der Waals surface area contributed by atoms with Crippen molar-refractivity contribution in [3.63, 3.8) is 0 Å². The standard InChI is InChI=1S/C19H23N3O3/c23-18(14-22-10-4-1-5-11-22)21-17-9-3-2-8-16(17)19(24)20-13-15-7-6-12-25-15/h2-3,6-9,12H,1,4-5,10-11,13-14H2,(H,20,24)(H,21,23)/p+1. The molecule has 0 saturated carbocycles. The lowest BCUT2D eigenvalue weighted by Gasteiger charge is -2.23. The molecule has 0 atom stereocenters. The van der Waals surface area contributed by atoms with Gasteiger partial charge in [0.25, 0.3) is 11.8 Å². The molecule has 1 fully saturated rings. The van der Waals surface area contributed by atoms with Crippen LogP contribution >= 0.6 is 0 Å². The summed E-state index contributed by atoms with van der Waals surface area (Å²) in [5.74, 6) is 0.393. The Hall–Kier alpha value is -2.60. The summed E-state index contributed by atoms with van der Waals surface area (Å²) in [5, 5.41) is 5.70. The topological polar surface area (TPSA) is 75.8 Å². The third-order valence-corrected chi connectivity index (χ3v) is 4.42. The van der Waals surface area contributed by atoms with E-state index in [4.69, 9.17) is 4.42 Å². The molecule has 6 heteroatoms. The number of piperidine rings is 1. The average molecular weight is 342 g/mol. The second-order valence-corrected chi connectivity index (χ2v) is 6.34. The highest BCUT2D eigenvalue weighted by Crippen LogP contribution is 2.15. The molecule has 0 bridgehead atoms. The number of rotatable bonds is 6. The number of nitrogens with one attached hydrogen (secondary N) is 3. The molecule has 1 aliphatic rings. The normalized spacial score (nSPS) is 14.9. The van der Waals surface area contributed by atoms with E-state index >= 15 is 0 Å². The Bertz CT molecular complexity index is 706. The minimum absolute atomic E-state index is 0.0526. The molecule has 6 nitrogen and oxygen atoms in total. The van der Waals surface area contributed by atoms with E-state index < -0.39 is 0 Å². The molecular weight excluding hydrogens is 318 g/mol. The Morgan fingerprint density at radius 3 is 2.60 bits per heavy atom. The van der Waals surface area contributed by atoms with Gasteiger partial charge in [0, 0.05) is 0 Å². The Kier molecular flexibility index (Phi) is 5.85. The van der Waals surface area contributed by atoms with Crippen LogP contribution in [0.4, 0.5) is 5.69 Å². The van der Waals surface area contributed by atoms with Crippen molar-refractivity contribution in [1.29, 1.82) is 0 Å². The zero-order valence-corrected chi connectivity index (χ0v) is 14.2. The van der Waals surface area contributed by atoms with Gasteiger partial charge in [0.2, 0.25) is 0 Å². The molecule has 1 aliphatic heterocycles. The summed E-state index contributed by atoms with van der Waals surface area (Å²) in [5.41, 5.74) is 0.997. The Morgan fingerprint density at radius 2 is 1.84 bits per heavy atom. The van der Waals surface area contributed by atoms with E-state index in [1.807, 2.05) is 6.07 Å². The smallest absolute Gasteiger partial charge is 0.279 e. The van der Waals surface area contributed by atoms with Gasteiger partial charge in [-0.25, -0.2) is 0 Å². The van der Waals surface area contributed by atoms with E-state index in [0.29, 0.717) is 30.1 Å². The van der Waals surface area contributed by atoms with Crippen LogP contribution in [0.5, 0.6) is 0 Å². The number of furan rings is 1. The third-order valence-electron chi connectivity index (χ3n) is 4.42. The Balaban J connectivity index is 1.59. The molecule has 0 spiro atoms. The molecular formula is C19H24N3O3+. The van der Waals surface area contributed by atoms with Crippen molar-refractivity contribution in [1.82, 2.24) is 5.32 Å². The van der Waals surface area contributed by atoms with Crippen LogP contribution in [0.1, 0.15) is 35.4 Å². The fourth-order valence-electron chi connectivity index (χ4n) is 3.12. The van der Waals surface area contributed by atoms with E-state index in [1.54, 1.807) is 36.6 Å². The fourth-order valence-corrected chi connectivity index (χ4v) is 3.12. The number of hydrogen-bond acceptors (Lipinski definition) is 3. The molecule has 2 amide bonds. The maximum absolute atomic E-state index is 12.4. The van der Waals surface area contributed by atoms with Crippen molar-refractivity contribution < 1.29 is 18.9 Å². The predicted molar refractivity (Wildman–Crippen MR) is 94.4 cm³/mol. The van der Waals surface area contributed by atoms with Crippen LogP contribution < -0.4 is 15.5 Å². The van der Waals surface area contributed by atoms with Crippen molar-refractivity contribution in [3.05, 3.63) is 54.0 Å². The van der Waals surface area contributed by atoms with Gasteiger partial charge < -0.3 is 20.0 Å². The number of carbonyl (C=O) groups is 2. The largest absolute Gasteiger partial charge is 0.467 e. The Labute approximate surface area is 147 Å². The summed E-state index contributed by atoms with van der Waals surface area (Å²) >= 11 is 0. The van der Waals surface area contributed by atoms with Gasteiger partial charge in [-0.05, 0) is 43.5 Å². The molecule has 0 radical (unpaired) electrons. The molecule has 3 N–H and O–H groups in total. The van der Waals surface area contributed by atoms with Gasteiger partial charge >= 0.3 is 0 Å². The van der Waals surface area contributed by atoms with E-state index in [0.717, 1.165) is 13.1 Å². The third kappa shape index (κ3) is 4.93. The zero-order chi connectivity index (χ0) is 17.5. The maximum atomic E-state index is 12.4. The van der Waals surface area contributed by atoms with Crippen LogP contribution in [0.25, 0.3) is 0 Å². The van der Waals surface area contributed by atoms with Gasteiger partial charge in [0.1, 0.15) is 5.76 Å². The van der Waals surface area contributed by atoms with Crippen LogP contribution in [0.3, 0.4) is 0 Å². The highest BCUT2D eigenvalue weighted by molar-refractivity contribution is 6.03. The van der Waals surface area contributed by atoms with Gasteiger partial charge in [0.05, 0.1) is 37.1 Å². The molecule has 3 rings (SSSR count). The second-order valence-electron chi connectivity index (χ2n) is 6.34. The van der Waals surface area contributed by atoms with Crippen molar-refractivity contribution in [3.8, 4) is 0 Å². The van der Waals surface area contributed by atoms with E-state index in [1.165, 1.54) is 24.2 Å². The summed E-state index contributed by atoms with van der Waals surface area (Å²) in [6.45, 7) is 2.84. The molecule has 0 aliphatic carbocycles. The van der Waals surface area contributed by atoms with Crippen LogP contribution in [-0.4, -0.2) is 31.4 Å². The van der Waals surface area contributed by atoms with Gasteiger partial charge in [0.15, 0.2) is 6.54 Å². The summed E-state index contributed by atoms with van der Waals surface area (Å²) in [6.07, 6.45) is 5.17. The van der Waals surface area contributed by atoms with Crippen molar-refractivity contribution in [2.24, 2.45) is 0 Å². The summed E-state index contributed by atoms with van der Waals surface area (Å²) < 4.78 is 5.21. The van der Waals surface area contributed by atoms with Crippen LogP contribution in [0.15, 0.2) is 47.1 Å². The first-order valence-electron chi connectivity index (χ1n) is 8.75. The van der Waals surface area contributed by atoms with Crippen LogP contribution in [-0.2, 0) is 11.3 Å². The van der Waals surface area contributed by atoms with E-state index in [9.17, 15) is 9.59 Å². The number of amides is 2. The lowest BCUT2D eigenvalue weighted by molar-refractivity contribution is -0.896. The van der Waals surface area contributed by atoms with Crippen molar-refractivity contribution in [2.75, 3.05) is 25.0 Å². The minimum atomic E-state index is -0.238. The number of carbonyl (C=O) groups excluding carboxylic acids is 2. The molecule has 25 heavy (non-hydrogen) atoms. The molecule has 1 aromatic heterocycles. The SMILES string of the molecule is O=C(C[NH+]1CCCCC1)Nc1ccccc1C(=O)NCc1ccco1. The zero-order valence-electron chi connectivity index (χ0n) is 14.2. The number of para-hydroxylation sites is 1. The van der Waals surface area contributed by atoms with Gasteiger partial charge in [-0.2, -0.15) is 0 Å². The van der Waals surface area contributed by atoms with Gasteiger partial charge in [-0.1, -0.05) is 12.1 Å². The number of quaternary nitrogens is 1. The molecule has 132 valence electrons. The number of anilines is 1. The first kappa shape index (κ1) is 17.2.